The van der Waals surface area contributed by atoms with Gasteiger partial charge in [-0.1, -0.05) is 19.9 Å². The molecule has 26 heavy (non-hydrogen) atoms. The van der Waals surface area contributed by atoms with E-state index in [9.17, 15) is 4.79 Å². The van der Waals surface area contributed by atoms with Gasteiger partial charge in [-0.05, 0) is 73.1 Å². The van der Waals surface area contributed by atoms with Crippen LogP contribution in [0.1, 0.15) is 81.6 Å². The number of carbonyl (C=O) groups is 1. The fraction of sp³-hybridized carbons (Fsp3) is 0.864. The third-order valence-electron chi connectivity index (χ3n) is 4.70. The molecule has 0 aromatic rings. The molecule has 1 amide bonds. The fourth-order valence-electron chi connectivity index (χ4n) is 4.06. The van der Waals surface area contributed by atoms with Gasteiger partial charge in [0, 0.05) is 7.05 Å². The van der Waals surface area contributed by atoms with Crippen LogP contribution in [0.2, 0.25) is 0 Å². The molecule has 0 aliphatic carbocycles. The van der Waals surface area contributed by atoms with E-state index >= 15 is 0 Å². The van der Waals surface area contributed by atoms with Crippen LogP contribution >= 0.6 is 0 Å². The molecule has 4 nitrogen and oxygen atoms in total. The Balaban J connectivity index is 4.80. The summed E-state index contributed by atoms with van der Waals surface area (Å²) in [5.41, 5.74) is -1.12. The van der Waals surface area contributed by atoms with Gasteiger partial charge < -0.3 is 14.8 Å². The second kappa shape index (κ2) is 9.36. The Morgan fingerprint density at radius 1 is 1.04 bits per heavy atom. The SMILES string of the molecule is C=CC(C)(CC(C)(C)CC(C)(C)OCCC(C)(C)OC(C)C)C(=O)NC. The summed E-state index contributed by atoms with van der Waals surface area (Å²) in [6.45, 7) is 23.4. The molecule has 0 fully saturated rings. The molecule has 0 aliphatic rings. The molecule has 1 atom stereocenters. The number of hydrogen-bond donors (Lipinski definition) is 1. The standard InChI is InChI=1S/C22H43NO3/c1-12-22(10,18(24)23-11)16-19(4,5)15-21(8,9)25-14-13-20(6,7)26-17(2)3/h12,17H,1,13-16H2,2-11H3,(H,23,24). The minimum atomic E-state index is -0.582. The van der Waals surface area contributed by atoms with E-state index in [1.165, 1.54) is 0 Å². The van der Waals surface area contributed by atoms with Gasteiger partial charge in [-0.15, -0.1) is 6.58 Å². The van der Waals surface area contributed by atoms with Gasteiger partial charge in [0.05, 0.1) is 29.3 Å². The van der Waals surface area contributed by atoms with E-state index in [0.29, 0.717) is 6.61 Å². The molecule has 1 N–H and O–H groups in total. The van der Waals surface area contributed by atoms with E-state index in [0.717, 1.165) is 19.3 Å². The fourth-order valence-corrected chi connectivity index (χ4v) is 4.06. The zero-order valence-electron chi connectivity index (χ0n) is 18.9. The molecule has 0 saturated heterocycles. The van der Waals surface area contributed by atoms with Crippen molar-refractivity contribution >= 4 is 5.91 Å². The highest BCUT2D eigenvalue weighted by molar-refractivity contribution is 5.83. The van der Waals surface area contributed by atoms with Crippen molar-refractivity contribution in [2.24, 2.45) is 10.8 Å². The summed E-state index contributed by atoms with van der Waals surface area (Å²) in [5.74, 6) is 0.00637. The smallest absolute Gasteiger partial charge is 0.229 e. The van der Waals surface area contributed by atoms with Gasteiger partial charge in [-0.3, -0.25) is 4.79 Å². The molecular weight excluding hydrogens is 326 g/mol. The van der Waals surface area contributed by atoms with Crippen molar-refractivity contribution in [1.82, 2.24) is 5.32 Å². The Kier molecular flexibility index (Phi) is 9.05. The Hall–Kier alpha value is -0.870. The van der Waals surface area contributed by atoms with E-state index < -0.39 is 5.41 Å². The van der Waals surface area contributed by atoms with Crippen LogP contribution in [-0.4, -0.2) is 36.9 Å². The summed E-state index contributed by atoms with van der Waals surface area (Å²) in [7, 11) is 1.67. The van der Waals surface area contributed by atoms with Crippen LogP contribution in [0.15, 0.2) is 12.7 Å². The lowest BCUT2D eigenvalue weighted by atomic mass is 9.69. The van der Waals surface area contributed by atoms with Gasteiger partial charge in [0.25, 0.3) is 0 Å². The maximum atomic E-state index is 12.3. The molecule has 0 bridgehead atoms. The maximum Gasteiger partial charge on any atom is 0.229 e. The summed E-state index contributed by atoms with van der Waals surface area (Å²) in [6, 6.07) is 0. The monoisotopic (exact) mass is 369 g/mol. The number of carbonyl (C=O) groups excluding carboxylic acids is 1. The van der Waals surface area contributed by atoms with E-state index in [1.807, 2.05) is 6.92 Å². The van der Waals surface area contributed by atoms with Crippen LogP contribution in [0.5, 0.6) is 0 Å². The molecule has 0 aromatic carbocycles. The minimum absolute atomic E-state index is 0.00637. The second-order valence-corrected chi connectivity index (χ2v) is 10.0. The first-order valence-electron chi connectivity index (χ1n) is 9.76. The van der Waals surface area contributed by atoms with Gasteiger partial charge in [-0.25, -0.2) is 0 Å². The van der Waals surface area contributed by atoms with E-state index in [4.69, 9.17) is 9.47 Å². The number of amides is 1. The lowest BCUT2D eigenvalue weighted by Gasteiger charge is -2.40. The third-order valence-corrected chi connectivity index (χ3v) is 4.70. The zero-order valence-corrected chi connectivity index (χ0v) is 18.9. The lowest BCUT2D eigenvalue weighted by molar-refractivity contribution is -0.130. The van der Waals surface area contributed by atoms with Crippen LogP contribution in [-0.2, 0) is 14.3 Å². The van der Waals surface area contributed by atoms with Gasteiger partial charge in [0.1, 0.15) is 0 Å². The number of hydrogen-bond acceptors (Lipinski definition) is 3. The third kappa shape index (κ3) is 9.18. The topological polar surface area (TPSA) is 47.6 Å². The highest BCUT2D eigenvalue weighted by Gasteiger charge is 2.39. The van der Waals surface area contributed by atoms with E-state index in [1.54, 1.807) is 13.1 Å². The van der Waals surface area contributed by atoms with Crippen LogP contribution in [0.3, 0.4) is 0 Å². The van der Waals surface area contributed by atoms with E-state index in [2.05, 4.69) is 67.3 Å². The Morgan fingerprint density at radius 3 is 2.00 bits per heavy atom. The summed E-state index contributed by atoms with van der Waals surface area (Å²) >= 11 is 0. The second-order valence-electron chi connectivity index (χ2n) is 10.0. The molecule has 0 heterocycles. The molecule has 0 spiro atoms. The van der Waals surface area contributed by atoms with Crippen molar-refractivity contribution in [1.29, 1.82) is 0 Å². The van der Waals surface area contributed by atoms with Crippen LogP contribution in [0.4, 0.5) is 0 Å². The number of rotatable bonds is 12. The van der Waals surface area contributed by atoms with Gasteiger partial charge in [0.15, 0.2) is 0 Å². The van der Waals surface area contributed by atoms with Crippen molar-refractivity contribution < 1.29 is 14.3 Å². The molecule has 0 aliphatic heterocycles. The molecule has 0 rings (SSSR count). The Bertz CT molecular complexity index is 466. The van der Waals surface area contributed by atoms with E-state index in [-0.39, 0.29) is 28.6 Å². The highest BCUT2D eigenvalue weighted by atomic mass is 16.5. The summed E-state index contributed by atoms with van der Waals surface area (Å²) in [4.78, 5) is 12.3. The van der Waals surface area contributed by atoms with Crippen LogP contribution in [0, 0.1) is 10.8 Å². The number of nitrogens with one attached hydrogen (secondary N) is 1. The van der Waals surface area contributed by atoms with Crippen LogP contribution < -0.4 is 5.32 Å². The van der Waals surface area contributed by atoms with Gasteiger partial charge in [0.2, 0.25) is 5.91 Å². The first-order valence-corrected chi connectivity index (χ1v) is 9.76. The highest BCUT2D eigenvalue weighted by Crippen LogP contribution is 2.41. The normalized spacial score (nSPS) is 15.7. The van der Waals surface area contributed by atoms with Crippen molar-refractivity contribution in [3.8, 4) is 0 Å². The van der Waals surface area contributed by atoms with Crippen molar-refractivity contribution in [2.45, 2.75) is 98.9 Å². The van der Waals surface area contributed by atoms with Crippen molar-refractivity contribution in [3.63, 3.8) is 0 Å². The molecule has 1 unspecified atom stereocenters. The lowest BCUT2D eigenvalue weighted by Crippen LogP contribution is -2.41. The molecular formula is C22H43NO3. The predicted molar refractivity (Wildman–Crippen MR) is 110 cm³/mol. The zero-order chi connectivity index (χ0) is 20.8. The summed E-state index contributed by atoms with van der Waals surface area (Å²) in [6.07, 6.45) is 4.38. The number of ether oxygens (including phenoxy) is 2. The average molecular weight is 370 g/mol. The largest absolute Gasteiger partial charge is 0.375 e. The first-order chi connectivity index (χ1) is 11.6. The van der Waals surface area contributed by atoms with Gasteiger partial charge >= 0.3 is 0 Å². The quantitative estimate of drug-likeness (QED) is 0.486. The van der Waals surface area contributed by atoms with Gasteiger partial charge in [-0.2, -0.15) is 0 Å². The van der Waals surface area contributed by atoms with Crippen LogP contribution in [0.25, 0.3) is 0 Å². The first kappa shape index (κ1) is 25.1. The molecule has 4 heteroatoms. The molecule has 0 saturated carbocycles. The molecule has 154 valence electrons. The maximum absolute atomic E-state index is 12.3. The van der Waals surface area contributed by atoms with Crippen molar-refractivity contribution in [2.75, 3.05) is 13.7 Å². The molecule has 0 radical (unpaired) electrons. The summed E-state index contributed by atoms with van der Waals surface area (Å²) in [5, 5.41) is 2.75. The Morgan fingerprint density at radius 2 is 1.58 bits per heavy atom. The van der Waals surface area contributed by atoms with Crippen molar-refractivity contribution in [3.05, 3.63) is 12.7 Å². The Labute approximate surface area is 162 Å². The predicted octanol–water partition coefficient (Wildman–Crippen LogP) is 5.12. The minimum Gasteiger partial charge on any atom is -0.375 e. The summed E-state index contributed by atoms with van der Waals surface area (Å²) < 4.78 is 12.1. The molecule has 0 aromatic heterocycles. The average Bonchev–Trinajstić information content (AvgIpc) is 2.42.